The van der Waals surface area contributed by atoms with Gasteiger partial charge in [-0.15, -0.1) is 0 Å². The van der Waals surface area contributed by atoms with Crippen molar-refractivity contribution in [1.29, 1.82) is 0 Å². The number of aliphatic hydroxyl groups excluding tert-OH is 1. The fourth-order valence-corrected chi connectivity index (χ4v) is 3.76. The number of halogens is 2. The van der Waals surface area contributed by atoms with Crippen molar-refractivity contribution < 1.29 is 24.0 Å². The van der Waals surface area contributed by atoms with Gasteiger partial charge in [-0.05, 0) is 35.9 Å². The number of rotatable bonds is 4. The fraction of sp³-hybridized carbons (Fsp3) is 0.0435. The first-order chi connectivity index (χ1) is 15.3. The predicted molar refractivity (Wildman–Crippen MR) is 116 cm³/mol. The van der Waals surface area contributed by atoms with Crippen LogP contribution in [0, 0.1) is 15.9 Å². The zero-order valence-electron chi connectivity index (χ0n) is 16.2. The maximum Gasteiger partial charge on any atom is 0.300 e. The molecule has 1 saturated heterocycles. The molecule has 0 aromatic heterocycles. The highest BCUT2D eigenvalue weighted by Crippen LogP contribution is 2.42. The second kappa shape index (κ2) is 8.24. The van der Waals surface area contributed by atoms with Crippen LogP contribution in [-0.2, 0) is 9.59 Å². The molecule has 160 valence electrons. The lowest BCUT2D eigenvalue weighted by molar-refractivity contribution is -0.384. The lowest BCUT2D eigenvalue weighted by Crippen LogP contribution is -2.29. The quantitative estimate of drug-likeness (QED) is 0.197. The Morgan fingerprint density at radius 2 is 1.69 bits per heavy atom. The van der Waals surface area contributed by atoms with Gasteiger partial charge in [0.25, 0.3) is 17.4 Å². The Labute approximate surface area is 186 Å². The number of nitro benzene ring substituents is 1. The number of carbonyl (C=O) groups excluding carboxylic acids is 2. The largest absolute Gasteiger partial charge is 0.507 e. The third kappa shape index (κ3) is 3.61. The van der Waals surface area contributed by atoms with E-state index in [1.54, 1.807) is 30.3 Å². The average molecular weight is 453 g/mol. The molecule has 0 spiro atoms. The van der Waals surface area contributed by atoms with E-state index in [4.69, 9.17) is 11.6 Å². The van der Waals surface area contributed by atoms with Crippen molar-refractivity contribution in [2.75, 3.05) is 4.90 Å². The Balaban J connectivity index is 1.91. The molecule has 3 aromatic rings. The topological polar surface area (TPSA) is 101 Å². The van der Waals surface area contributed by atoms with Gasteiger partial charge in [-0.25, -0.2) is 4.39 Å². The van der Waals surface area contributed by atoms with Gasteiger partial charge in [0.15, 0.2) is 0 Å². The molecule has 1 fully saturated rings. The van der Waals surface area contributed by atoms with Crippen LogP contribution in [-0.4, -0.2) is 21.7 Å². The number of nitro groups is 1. The van der Waals surface area contributed by atoms with Crippen molar-refractivity contribution in [3.8, 4) is 0 Å². The van der Waals surface area contributed by atoms with Crippen LogP contribution in [0.1, 0.15) is 17.2 Å². The molecule has 1 aliphatic heterocycles. The Kier molecular flexibility index (Phi) is 5.46. The molecular weight excluding hydrogens is 439 g/mol. The van der Waals surface area contributed by atoms with E-state index in [0.29, 0.717) is 5.56 Å². The molecule has 0 aliphatic carbocycles. The summed E-state index contributed by atoms with van der Waals surface area (Å²) in [5.74, 6) is -3.04. The van der Waals surface area contributed by atoms with Gasteiger partial charge in [0, 0.05) is 23.4 Å². The summed E-state index contributed by atoms with van der Waals surface area (Å²) in [6.07, 6.45) is 0. The fourth-order valence-electron chi connectivity index (χ4n) is 3.58. The molecule has 1 N–H and O–H groups in total. The first-order valence-corrected chi connectivity index (χ1v) is 9.73. The van der Waals surface area contributed by atoms with Crippen LogP contribution >= 0.6 is 11.6 Å². The second-order valence-electron chi connectivity index (χ2n) is 6.98. The van der Waals surface area contributed by atoms with E-state index in [-0.39, 0.29) is 27.5 Å². The molecule has 4 rings (SSSR count). The van der Waals surface area contributed by atoms with Crippen molar-refractivity contribution in [1.82, 2.24) is 0 Å². The van der Waals surface area contributed by atoms with E-state index >= 15 is 0 Å². The SMILES string of the molecule is O=C1C(=O)N(c2ccc(F)c(Cl)c2)C(c2ccccc2)/C1=C(\O)c1ccc([N+](=O)[O-])cc1. The number of Topliss-reactive ketones (excluding diaryl/α,β-unsaturated/α-hetero) is 1. The maximum absolute atomic E-state index is 13.7. The van der Waals surface area contributed by atoms with E-state index < -0.39 is 34.2 Å². The Bertz CT molecular complexity index is 1280. The summed E-state index contributed by atoms with van der Waals surface area (Å²) in [5.41, 5.74) is 0.440. The molecule has 0 radical (unpaired) electrons. The minimum atomic E-state index is -1.02. The van der Waals surface area contributed by atoms with Gasteiger partial charge in [-0.1, -0.05) is 41.9 Å². The van der Waals surface area contributed by atoms with Crippen LogP contribution in [0.2, 0.25) is 5.02 Å². The number of hydrogen-bond donors (Lipinski definition) is 1. The number of ketones is 1. The first kappa shape index (κ1) is 21.2. The second-order valence-corrected chi connectivity index (χ2v) is 7.39. The average Bonchev–Trinajstić information content (AvgIpc) is 3.06. The molecule has 1 aliphatic rings. The highest BCUT2D eigenvalue weighted by atomic mass is 35.5. The molecule has 1 atom stereocenters. The number of aliphatic hydroxyl groups is 1. The summed E-state index contributed by atoms with van der Waals surface area (Å²) in [4.78, 5) is 37.4. The summed E-state index contributed by atoms with van der Waals surface area (Å²) >= 11 is 5.89. The number of anilines is 1. The molecule has 7 nitrogen and oxygen atoms in total. The third-order valence-electron chi connectivity index (χ3n) is 5.09. The molecule has 9 heteroatoms. The molecule has 1 unspecified atom stereocenters. The van der Waals surface area contributed by atoms with Crippen LogP contribution in [0.25, 0.3) is 5.76 Å². The summed E-state index contributed by atoms with van der Waals surface area (Å²) in [6.45, 7) is 0. The van der Waals surface area contributed by atoms with Crippen molar-refractivity contribution in [2.24, 2.45) is 0 Å². The minimum Gasteiger partial charge on any atom is -0.507 e. The van der Waals surface area contributed by atoms with Gasteiger partial charge in [-0.3, -0.25) is 24.6 Å². The summed E-state index contributed by atoms with van der Waals surface area (Å²) in [5, 5.41) is 21.6. The van der Waals surface area contributed by atoms with Gasteiger partial charge >= 0.3 is 0 Å². The molecular formula is C23H14ClFN2O5. The van der Waals surface area contributed by atoms with Crippen molar-refractivity contribution in [3.05, 3.63) is 110 Å². The number of non-ortho nitro benzene ring substituents is 1. The number of amides is 1. The number of carbonyl (C=O) groups is 2. The van der Waals surface area contributed by atoms with Gasteiger partial charge < -0.3 is 5.11 Å². The molecule has 32 heavy (non-hydrogen) atoms. The Morgan fingerprint density at radius 3 is 2.28 bits per heavy atom. The van der Waals surface area contributed by atoms with E-state index in [0.717, 1.165) is 11.0 Å². The van der Waals surface area contributed by atoms with Crippen molar-refractivity contribution in [3.63, 3.8) is 0 Å². The van der Waals surface area contributed by atoms with E-state index in [2.05, 4.69) is 0 Å². The number of benzene rings is 3. The van der Waals surface area contributed by atoms with Gasteiger partial charge in [-0.2, -0.15) is 0 Å². The highest BCUT2D eigenvalue weighted by molar-refractivity contribution is 6.51. The molecule has 0 bridgehead atoms. The zero-order chi connectivity index (χ0) is 23.0. The van der Waals surface area contributed by atoms with Crippen molar-refractivity contribution >= 4 is 40.4 Å². The van der Waals surface area contributed by atoms with Crippen LogP contribution in [0.5, 0.6) is 0 Å². The van der Waals surface area contributed by atoms with E-state index in [9.17, 15) is 29.2 Å². The van der Waals surface area contributed by atoms with Gasteiger partial charge in [0.05, 0.1) is 21.6 Å². The first-order valence-electron chi connectivity index (χ1n) is 9.35. The summed E-state index contributed by atoms with van der Waals surface area (Å²) in [7, 11) is 0. The molecule has 1 heterocycles. The molecule has 0 saturated carbocycles. The Morgan fingerprint density at radius 1 is 1.03 bits per heavy atom. The standard InChI is InChI=1S/C23H14ClFN2O5/c24-17-12-16(10-11-18(17)25)26-20(13-4-2-1-3-5-13)19(22(29)23(26)30)21(28)14-6-8-15(9-7-14)27(31)32/h1-12,20,28H/b21-19+. The van der Waals surface area contributed by atoms with E-state index in [1.165, 1.54) is 36.4 Å². The van der Waals surface area contributed by atoms with Crippen LogP contribution in [0.15, 0.2) is 78.4 Å². The van der Waals surface area contributed by atoms with Crippen LogP contribution in [0.3, 0.4) is 0 Å². The number of hydrogen-bond acceptors (Lipinski definition) is 5. The lowest BCUT2D eigenvalue weighted by Gasteiger charge is -2.25. The minimum absolute atomic E-state index is 0.131. The smallest absolute Gasteiger partial charge is 0.300 e. The maximum atomic E-state index is 13.7. The molecule has 3 aromatic carbocycles. The number of nitrogens with zero attached hydrogens (tertiary/aromatic N) is 2. The third-order valence-corrected chi connectivity index (χ3v) is 5.38. The zero-order valence-corrected chi connectivity index (χ0v) is 17.0. The summed E-state index contributed by atoms with van der Waals surface area (Å²) in [6, 6.07) is 16.1. The van der Waals surface area contributed by atoms with Gasteiger partial charge in [0.2, 0.25) is 0 Å². The summed E-state index contributed by atoms with van der Waals surface area (Å²) < 4.78 is 13.7. The van der Waals surface area contributed by atoms with Crippen LogP contribution in [0.4, 0.5) is 15.8 Å². The monoisotopic (exact) mass is 452 g/mol. The van der Waals surface area contributed by atoms with Gasteiger partial charge in [0.1, 0.15) is 11.6 Å². The van der Waals surface area contributed by atoms with Crippen molar-refractivity contribution in [2.45, 2.75) is 6.04 Å². The Hall–Kier alpha value is -4.04. The predicted octanol–water partition coefficient (Wildman–Crippen LogP) is 5.01. The highest BCUT2D eigenvalue weighted by Gasteiger charge is 2.47. The lowest BCUT2D eigenvalue weighted by atomic mass is 9.95. The normalized spacial score (nSPS) is 17.6. The van der Waals surface area contributed by atoms with Crippen LogP contribution < -0.4 is 4.90 Å². The van der Waals surface area contributed by atoms with E-state index in [1.807, 2.05) is 0 Å². The molecule has 1 amide bonds.